The molecule has 0 amide bonds. The van der Waals surface area contributed by atoms with E-state index in [0.717, 1.165) is 35.1 Å². The fraction of sp³-hybridized carbons (Fsp3) is 0.375. The van der Waals surface area contributed by atoms with Gasteiger partial charge in [0.1, 0.15) is 0 Å². The zero-order valence-electron chi connectivity index (χ0n) is 16.5. The number of hydrogen-bond acceptors (Lipinski definition) is 4. The second-order valence-corrected chi connectivity index (χ2v) is 8.63. The summed E-state index contributed by atoms with van der Waals surface area (Å²) in [7, 11) is 1.61. The van der Waals surface area contributed by atoms with E-state index in [2.05, 4.69) is 12.2 Å². The number of piperidine rings is 1. The minimum atomic E-state index is -0.958. The Morgan fingerprint density at radius 1 is 1.13 bits per heavy atom. The Balaban J connectivity index is 0.00000256. The van der Waals surface area contributed by atoms with Gasteiger partial charge in [-0.25, -0.2) is 4.98 Å². The SMILES string of the molecule is C.COc1nc2ccc(Cl)cc2cc1C(c1ccc(Cl)cc1)C1(O)CCNCC1C. The van der Waals surface area contributed by atoms with Gasteiger partial charge in [0.25, 0.3) is 0 Å². The smallest absolute Gasteiger partial charge is 0.217 e. The second-order valence-electron chi connectivity index (χ2n) is 7.75. The molecule has 0 aliphatic carbocycles. The van der Waals surface area contributed by atoms with E-state index in [4.69, 9.17) is 32.9 Å². The summed E-state index contributed by atoms with van der Waals surface area (Å²) in [4.78, 5) is 4.72. The fourth-order valence-electron chi connectivity index (χ4n) is 4.37. The molecule has 1 aliphatic rings. The third-order valence-corrected chi connectivity index (χ3v) is 6.47. The Hall–Kier alpha value is -1.85. The van der Waals surface area contributed by atoms with Crippen molar-refractivity contribution in [3.63, 3.8) is 0 Å². The van der Waals surface area contributed by atoms with Gasteiger partial charge in [0.15, 0.2) is 0 Å². The van der Waals surface area contributed by atoms with Gasteiger partial charge in [-0.3, -0.25) is 0 Å². The van der Waals surface area contributed by atoms with E-state index in [9.17, 15) is 5.11 Å². The van der Waals surface area contributed by atoms with E-state index < -0.39 is 5.60 Å². The van der Waals surface area contributed by atoms with Crippen LogP contribution in [-0.2, 0) is 0 Å². The molecule has 0 saturated carbocycles. The molecule has 6 heteroatoms. The van der Waals surface area contributed by atoms with Crippen LogP contribution in [0.2, 0.25) is 10.0 Å². The standard InChI is InChI=1S/C23H24Cl2N2O2.CH4/c1-14-13-26-10-9-23(14,28)21(15-3-5-17(24)6-4-15)19-12-16-11-18(25)7-8-20(16)27-22(19)29-2;/h3-8,11-12,14,21,26,28H,9-10,13H2,1-2H3;1H4. The van der Waals surface area contributed by atoms with Crippen LogP contribution in [0.25, 0.3) is 10.9 Å². The monoisotopic (exact) mass is 446 g/mol. The van der Waals surface area contributed by atoms with Gasteiger partial charge in [0.05, 0.1) is 18.2 Å². The summed E-state index contributed by atoms with van der Waals surface area (Å²) in [6.45, 7) is 3.57. The molecule has 3 unspecified atom stereocenters. The topological polar surface area (TPSA) is 54.4 Å². The molecule has 1 aliphatic heterocycles. The van der Waals surface area contributed by atoms with E-state index in [1.165, 1.54) is 0 Å². The summed E-state index contributed by atoms with van der Waals surface area (Å²) in [5, 5.41) is 17.5. The molecule has 4 rings (SSSR count). The average Bonchev–Trinajstić information content (AvgIpc) is 2.71. The van der Waals surface area contributed by atoms with Crippen molar-refractivity contribution >= 4 is 34.1 Å². The van der Waals surface area contributed by atoms with Crippen molar-refractivity contribution in [2.75, 3.05) is 20.2 Å². The van der Waals surface area contributed by atoms with Crippen molar-refractivity contribution in [1.29, 1.82) is 0 Å². The average molecular weight is 447 g/mol. The molecule has 0 radical (unpaired) electrons. The van der Waals surface area contributed by atoms with Crippen molar-refractivity contribution < 1.29 is 9.84 Å². The lowest BCUT2D eigenvalue weighted by atomic mass is 9.68. The number of nitrogens with zero attached hydrogens (tertiary/aromatic N) is 1. The molecule has 2 N–H and O–H groups in total. The van der Waals surface area contributed by atoms with Crippen LogP contribution in [0.4, 0.5) is 0 Å². The van der Waals surface area contributed by atoms with Crippen LogP contribution in [0, 0.1) is 5.92 Å². The predicted molar refractivity (Wildman–Crippen MR) is 125 cm³/mol. The molecule has 1 fully saturated rings. The molecule has 2 aromatic carbocycles. The van der Waals surface area contributed by atoms with Crippen LogP contribution in [-0.4, -0.2) is 35.9 Å². The van der Waals surface area contributed by atoms with Crippen LogP contribution < -0.4 is 10.1 Å². The molecule has 1 saturated heterocycles. The number of rotatable bonds is 4. The maximum atomic E-state index is 11.9. The third-order valence-electron chi connectivity index (χ3n) is 5.98. The first-order chi connectivity index (χ1) is 13.9. The van der Waals surface area contributed by atoms with Crippen molar-refractivity contribution in [2.45, 2.75) is 32.3 Å². The summed E-state index contributed by atoms with van der Waals surface area (Å²) in [5.41, 5.74) is 1.67. The Morgan fingerprint density at radius 2 is 1.83 bits per heavy atom. The Labute approximate surface area is 188 Å². The molecule has 0 bridgehead atoms. The maximum Gasteiger partial charge on any atom is 0.217 e. The van der Waals surface area contributed by atoms with Gasteiger partial charge in [0.2, 0.25) is 5.88 Å². The summed E-state index contributed by atoms with van der Waals surface area (Å²) in [6, 6.07) is 15.3. The number of aliphatic hydroxyl groups is 1. The summed E-state index contributed by atoms with van der Waals surface area (Å²) >= 11 is 12.4. The molecule has 160 valence electrons. The molecular weight excluding hydrogens is 419 g/mol. The van der Waals surface area contributed by atoms with Crippen LogP contribution in [0.15, 0.2) is 48.5 Å². The van der Waals surface area contributed by atoms with Gasteiger partial charge in [-0.15, -0.1) is 0 Å². The number of halogens is 2. The first-order valence-electron chi connectivity index (χ1n) is 9.75. The first kappa shape index (κ1) is 22.8. The van der Waals surface area contributed by atoms with Gasteiger partial charge in [0, 0.05) is 33.5 Å². The zero-order valence-corrected chi connectivity index (χ0v) is 18.0. The van der Waals surface area contributed by atoms with Crippen molar-refractivity contribution in [3.8, 4) is 5.88 Å². The minimum Gasteiger partial charge on any atom is -0.481 e. The Bertz CT molecular complexity index is 1030. The first-order valence-corrected chi connectivity index (χ1v) is 10.5. The number of fused-ring (bicyclic) bond motifs is 1. The zero-order chi connectivity index (χ0) is 20.6. The highest BCUT2D eigenvalue weighted by Gasteiger charge is 2.46. The van der Waals surface area contributed by atoms with E-state index >= 15 is 0 Å². The molecule has 1 aromatic heterocycles. The number of nitrogens with one attached hydrogen (secondary N) is 1. The lowest BCUT2D eigenvalue weighted by Crippen LogP contribution is -2.53. The maximum absolute atomic E-state index is 11.9. The lowest BCUT2D eigenvalue weighted by molar-refractivity contribution is -0.0477. The molecule has 3 atom stereocenters. The van der Waals surface area contributed by atoms with E-state index in [1.807, 2.05) is 48.5 Å². The van der Waals surface area contributed by atoms with E-state index in [-0.39, 0.29) is 19.3 Å². The number of pyridine rings is 1. The van der Waals surface area contributed by atoms with Crippen LogP contribution in [0.3, 0.4) is 0 Å². The highest BCUT2D eigenvalue weighted by Crippen LogP contribution is 2.46. The van der Waals surface area contributed by atoms with Crippen molar-refractivity contribution in [2.24, 2.45) is 5.92 Å². The van der Waals surface area contributed by atoms with Gasteiger partial charge >= 0.3 is 0 Å². The predicted octanol–water partition coefficient (Wildman–Crippen LogP) is 5.68. The lowest BCUT2D eigenvalue weighted by Gasteiger charge is -2.45. The largest absolute Gasteiger partial charge is 0.481 e. The van der Waals surface area contributed by atoms with E-state index in [1.54, 1.807) is 7.11 Å². The third kappa shape index (κ3) is 4.15. The summed E-state index contributed by atoms with van der Waals surface area (Å²) in [5.74, 6) is 0.235. The second kappa shape index (κ2) is 9.11. The van der Waals surface area contributed by atoms with Gasteiger partial charge in [-0.2, -0.15) is 0 Å². The van der Waals surface area contributed by atoms with Crippen LogP contribution in [0.5, 0.6) is 5.88 Å². The van der Waals surface area contributed by atoms with Crippen LogP contribution in [0.1, 0.15) is 37.8 Å². The number of aromatic nitrogens is 1. The highest BCUT2D eigenvalue weighted by molar-refractivity contribution is 6.31. The van der Waals surface area contributed by atoms with E-state index in [0.29, 0.717) is 22.3 Å². The Kier molecular flexibility index (Phi) is 6.93. The van der Waals surface area contributed by atoms with Crippen LogP contribution >= 0.6 is 23.2 Å². The fourth-order valence-corrected chi connectivity index (χ4v) is 4.67. The minimum absolute atomic E-state index is 0. The normalized spacial score (nSPS) is 22.4. The molecule has 4 nitrogen and oxygen atoms in total. The van der Waals surface area contributed by atoms with Gasteiger partial charge in [-0.05, 0) is 60.8 Å². The Morgan fingerprint density at radius 3 is 2.50 bits per heavy atom. The number of hydrogen-bond donors (Lipinski definition) is 2. The molecule has 3 aromatic rings. The summed E-state index contributed by atoms with van der Waals surface area (Å²) < 4.78 is 5.68. The summed E-state index contributed by atoms with van der Waals surface area (Å²) in [6.07, 6.45) is 0.623. The number of benzene rings is 2. The quantitative estimate of drug-likeness (QED) is 0.541. The molecule has 30 heavy (non-hydrogen) atoms. The van der Waals surface area contributed by atoms with Crippen molar-refractivity contribution in [3.05, 3.63) is 69.7 Å². The number of ether oxygens (including phenoxy) is 1. The van der Waals surface area contributed by atoms with Crippen molar-refractivity contribution in [1.82, 2.24) is 10.3 Å². The molecule has 2 heterocycles. The molecule has 0 spiro atoms. The van der Waals surface area contributed by atoms with Gasteiger partial charge in [-0.1, -0.05) is 49.7 Å². The molecular formula is C24H28Cl2N2O2. The highest BCUT2D eigenvalue weighted by atomic mass is 35.5. The number of methoxy groups -OCH3 is 1. The van der Waals surface area contributed by atoms with Gasteiger partial charge < -0.3 is 15.2 Å².